The van der Waals surface area contributed by atoms with Crippen LogP contribution < -0.4 is 19.5 Å². The molecule has 1 unspecified atom stereocenters. The van der Waals surface area contributed by atoms with Gasteiger partial charge in [-0.15, -0.1) is 0 Å². The number of hydrogen-bond acceptors (Lipinski definition) is 4. The Morgan fingerprint density at radius 3 is 2.82 bits per heavy atom. The highest BCUT2D eigenvalue weighted by atomic mass is 16.7. The molecule has 0 saturated heterocycles. The number of fused-ring (bicyclic) bond motifs is 3. The Labute approximate surface area is 133 Å². The fourth-order valence-electron chi connectivity index (χ4n) is 3.27. The van der Waals surface area contributed by atoms with Crippen molar-refractivity contribution in [2.45, 2.75) is 64.5 Å². The standard InChI is InChI=1S/C18H27NO3/c1-4-5-6-7-10-19-14-11-18(2,3)22-16-13(14)8-9-15-17(16)21-12-20-15/h8-9,14,19H,4-7,10-12H2,1-3H3. The van der Waals surface area contributed by atoms with E-state index in [1.165, 1.54) is 31.2 Å². The molecule has 22 heavy (non-hydrogen) atoms. The fourth-order valence-corrected chi connectivity index (χ4v) is 3.27. The number of ether oxygens (including phenoxy) is 3. The van der Waals surface area contributed by atoms with E-state index in [1.807, 2.05) is 6.07 Å². The summed E-state index contributed by atoms with van der Waals surface area (Å²) in [5, 5.41) is 3.71. The molecule has 0 aromatic heterocycles. The Hall–Kier alpha value is -1.42. The Balaban J connectivity index is 1.75. The number of nitrogens with one attached hydrogen (secondary N) is 1. The quantitative estimate of drug-likeness (QED) is 0.800. The smallest absolute Gasteiger partial charge is 0.231 e. The zero-order chi connectivity index (χ0) is 15.6. The van der Waals surface area contributed by atoms with Crippen molar-refractivity contribution in [2.24, 2.45) is 0 Å². The van der Waals surface area contributed by atoms with Gasteiger partial charge in [-0.25, -0.2) is 0 Å². The van der Waals surface area contributed by atoms with E-state index in [9.17, 15) is 0 Å². The number of hydrogen-bond donors (Lipinski definition) is 1. The first kappa shape index (κ1) is 15.5. The van der Waals surface area contributed by atoms with Crippen molar-refractivity contribution < 1.29 is 14.2 Å². The Morgan fingerprint density at radius 1 is 1.14 bits per heavy atom. The van der Waals surface area contributed by atoms with E-state index in [4.69, 9.17) is 14.2 Å². The predicted molar refractivity (Wildman–Crippen MR) is 86.8 cm³/mol. The highest BCUT2D eigenvalue weighted by Crippen LogP contribution is 2.50. The summed E-state index contributed by atoms with van der Waals surface area (Å²) in [6.07, 6.45) is 6.08. The number of rotatable bonds is 6. The van der Waals surface area contributed by atoms with Crippen LogP contribution in [0.4, 0.5) is 0 Å². The van der Waals surface area contributed by atoms with Gasteiger partial charge in [-0.3, -0.25) is 0 Å². The third-order valence-corrected chi connectivity index (χ3v) is 4.39. The first-order valence-corrected chi connectivity index (χ1v) is 8.45. The van der Waals surface area contributed by atoms with Crippen molar-refractivity contribution >= 4 is 0 Å². The molecule has 1 atom stereocenters. The summed E-state index contributed by atoms with van der Waals surface area (Å²) in [7, 11) is 0. The van der Waals surface area contributed by atoms with E-state index < -0.39 is 0 Å². The average Bonchev–Trinajstić information content (AvgIpc) is 2.95. The minimum atomic E-state index is -0.199. The monoisotopic (exact) mass is 305 g/mol. The summed E-state index contributed by atoms with van der Waals surface area (Å²) >= 11 is 0. The van der Waals surface area contributed by atoms with Crippen LogP contribution in [0, 0.1) is 0 Å². The van der Waals surface area contributed by atoms with Crippen LogP contribution in [0.1, 0.15) is 64.5 Å². The maximum absolute atomic E-state index is 6.19. The molecule has 1 aromatic rings. The molecule has 0 radical (unpaired) electrons. The highest BCUT2D eigenvalue weighted by molar-refractivity contribution is 5.58. The molecule has 3 rings (SSSR count). The molecule has 122 valence electrons. The van der Waals surface area contributed by atoms with Crippen molar-refractivity contribution in [3.05, 3.63) is 17.7 Å². The molecule has 0 bridgehead atoms. The summed E-state index contributed by atoms with van der Waals surface area (Å²) in [5.41, 5.74) is 0.994. The van der Waals surface area contributed by atoms with Gasteiger partial charge in [0, 0.05) is 18.0 Å². The molecule has 4 nitrogen and oxygen atoms in total. The summed E-state index contributed by atoms with van der Waals surface area (Å²) in [6, 6.07) is 4.42. The largest absolute Gasteiger partial charge is 0.483 e. The average molecular weight is 305 g/mol. The van der Waals surface area contributed by atoms with Gasteiger partial charge < -0.3 is 19.5 Å². The van der Waals surface area contributed by atoms with E-state index >= 15 is 0 Å². The van der Waals surface area contributed by atoms with Crippen LogP contribution in [0.5, 0.6) is 17.2 Å². The molecule has 2 aliphatic heterocycles. The zero-order valence-electron chi connectivity index (χ0n) is 13.9. The number of unbranched alkanes of at least 4 members (excludes halogenated alkanes) is 3. The molecule has 0 spiro atoms. The summed E-state index contributed by atoms with van der Waals surface area (Å²) in [6.45, 7) is 7.85. The molecule has 0 saturated carbocycles. The lowest BCUT2D eigenvalue weighted by Crippen LogP contribution is -2.39. The van der Waals surface area contributed by atoms with E-state index in [1.54, 1.807) is 0 Å². The molecular formula is C18H27NO3. The molecule has 4 heteroatoms. The predicted octanol–water partition coefficient (Wildman–Crippen LogP) is 4.19. The van der Waals surface area contributed by atoms with Gasteiger partial charge >= 0.3 is 0 Å². The molecule has 0 fully saturated rings. The lowest BCUT2D eigenvalue weighted by atomic mass is 9.89. The fraction of sp³-hybridized carbons (Fsp3) is 0.667. The van der Waals surface area contributed by atoms with Crippen LogP contribution in [0.15, 0.2) is 12.1 Å². The molecular weight excluding hydrogens is 278 g/mol. The lowest BCUT2D eigenvalue weighted by molar-refractivity contribution is 0.0611. The molecule has 1 aromatic carbocycles. The third kappa shape index (κ3) is 3.17. The topological polar surface area (TPSA) is 39.7 Å². The first-order valence-electron chi connectivity index (χ1n) is 8.45. The highest BCUT2D eigenvalue weighted by Gasteiger charge is 2.37. The van der Waals surface area contributed by atoms with Gasteiger partial charge in [0.2, 0.25) is 12.5 Å². The van der Waals surface area contributed by atoms with Gasteiger partial charge in [0.1, 0.15) is 5.60 Å². The van der Waals surface area contributed by atoms with Crippen molar-refractivity contribution in [2.75, 3.05) is 13.3 Å². The van der Waals surface area contributed by atoms with Crippen LogP contribution in [-0.2, 0) is 0 Å². The van der Waals surface area contributed by atoms with Gasteiger partial charge in [-0.05, 0) is 38.9 Å². The Kier molecular flexibility index (Phi) is 4.48. The van der Waals surface area contributed by atoms with Crippen LogP contribution in [0.2, 0.25) is 0 Å². The van der Waals surface area contributed by atoms with Gasteiger partial charge in [-0.1, -0.05) is 26.2 Å². The maximum atomic E-state index is 6.19. The molecule has 2 aliphatic rings. The van der Waals surface area contributed by atoms with E-state index in [-0.39, 0.29) is 12.4 Å². The van der Waals surface area contributed by atoms with Crippen molar-refractivity contribution in [3.8, 4) is 17.2 Å². The van der Waals surface area contributed by atoms with Gasteiger partial charge in [0.05, 0.1) is 0 Å². The van der Waals surface area contributed by atoms with Gasteiger partial charge in [-0.2, -0.15) is 0 Å². The van der Waals surface area contributed by atoms with Crippen molar-refractivity contribution in [1.29, 1.82) is 0 Å². The van der Waals surface area contributed by atoms with Crippen molar-refractivity contribution in [3.63, 3.8) is 0 Å². The first-order chi connectivity index (χ1) is 10.6. The molecule has 1 N–H and O–H groups in total. The van der Waals surface area contributed by atoms with Crippen LogP contribution >= 0.6 is 0 Å². The van der Waals surface area contributed by atoms with E-state index in [0.29, 0.717) is 6.04 Å². The van der Waals surface area contributed by atoms with Gasteiger partial charge in [0.25, 0.3) is 0 Å². The molecule has 2 heterocycles. The van der Waals surface area contributed by atoms with Crippen LogP contribution in [-0.4, -0.2) is 18.9 Å². The minimum absolute atomic E-state index is 0.199. The second-order valence-corrected chi connectivity index (χ2v) is 6.85. The Bertz CT molecular complexity index is 527. The maximum Gasteiger partial charge on any atom is 0.231 e. The normalized spacial score (nSPS) is 21.3. The van der Waals surface area contributed by atoms with Crippen LogP contribution in [0.25, 0.3) is 0 Å². The third-order valence-electron chi connectivity index (χ3n) is 4.39. The van der Waals surface area contributed by atoms with Crippen molar-refractivity contribution in [1.82, 2.24) is 5.32 Å². The summed E-state index contributed by atoms with van der Waals surface area (Å²) in [5.74, 6) is 2.42. The lowest BCUT2D eigenvalue weighted by Gasteiger charge is -2.38. The second kappa shape index (κ2) is 6.37. The number of benzene rings is 1. The van der Waals surface area contributed by atoms with E-state index in [0.717, 1.165) is 30.2 Å². The molecule has 0 amide bonds. The van der Waals surface area contributed by atoms with E-state index in [2.05, 4.69) is 32.2 Å². The Morgan fingerprint density at radius 2 is 2.00 bits per heavy atom. The van der Waals surface area contributed by atoms with Gasteiger partial charge in [0.15, 0.2) is 11.5 Å². The second-order valence-electron chi connectivity index (χ2n) is 6.85. The zero-order valence-corrected chi connectivity index (χ0v) is 13.9. The summed E-state index contributed by atoms with van der Waals surface area (Å²) in [4.78, 5) is 0. The molecule has 0 aliphatic carbocycles. The summed E-state index contributed by atoms with van der Waals surface area (Å²) < 4.78 is 17.3. The van der Waals surface area contributed by atoms with Crippen LogP contribution in [0.3, 0.4) is 0 Å². The SMILES string of the molecule is CCCCCCNC1CC(C)(C)Oc2c1ccc1c2OCO1. The minimum Gasteiger partial charge on any atom is -0.483 e.